The molecule has 0 saturated heterocycles. The Morgan fingerprint density at radius 1 is 0.252 bits per heavy atom. The molecule has 0 bridgehead atoms. The highest BCUT2D eigenvalue weighted by Crippen LogP contribution is 2.27. The molecule has 8 amide bonds. The number of carbonyl (C=O) groups is 8. The first-order valence-electron chi connectivity index (χ1n) is 34.9. The van der Waals surface area contributed by atoms with Crippen LogP contribution in [0.2, 0.25) is 5.02 Å². The summed E-state index contributed by atoms with van der Waals surface area (Å²) in [6.45, 7) is 1.19. The van der Waals surface area contributed by atoms with Crippen LogP contribution in [0.15, 0.2) is 322 Å². The van der Waals surface area contributed by atoms with Crippen molar-refractivity contribution in [1.29, 1.82) is 0 Å². The SMILES string of the molecule is Cc1cccc(C(NC(=O)CNC(=O)c2ccc(F)cc2)c2ccccc2)c1.O=C(CNC(=O)c1ccc(F)cc1)NC(c1ccccc1)c1ccc(F)cc1.O=C(CNC(=O)c1ccc(F)cc1)NC(c1ccccc1)c1cccc(Cl)c1.O=C(CNC(=O)c1ccc(F)cc1)NC(c1ccccc1)c1ccccc1. The monoisotopic (exact) mass is 1510 g/mol. The van der Waals surface area contributed by atoms with Gasteiger partial charge in [0, 0.05) is 27.3 Å². The van der Waals surface area contributed by atoms with Crippen molar-refractivity contribution in [3.8, 4) is 0 Å². The van der Waals surface area contributed by atoms with Crippen molar-refractivity contribution in [3.63, 3.8) is 0 Å². The number of benzene rings is 12. The van der Waals surface area contributed by atoms with Crippen LogP contribution in [-0.4, -0.2) is 73.4 Å². The highest BCUT2D eigenvalue weighted by Gasteiger charge is 2.23. The fourth-order valence-corrected chi connectivity index (χ4v) is 11.4. The van der Waals surface area contributed by atoms with Crippen LogP contribution in [0.5, 0.6) is 0 Å². The highest BCUT2D eigenvalue weighted by atomic mass is 35.5. The minimum absolute atomic E-state index is 0.174. The van der Waals surface area contributed by atoms with Gasteiger partial charge in [-0.2, -0.15) is 0 Å². The summed E-state index contributed by atoms with van der Waals surface area (Å²) in [4.78, 5) is 98.1. The Morgan fingerprint density at radius 2 is 0.459 bits per heavy atom. The molecule has 12 aromatic rings. The van der Waals surface area contributed by atoms with Crippen LogP contribution in [0.3, 0.4) is 0 Å². The molecule has 0 heterocycles. The third-order valence-corrected chi connectivity index (χ3v) is 16.9. The Hall–Kier alpha value is -13.7. The van der Waals surface area contributed by atoms with Gasteiger partial charge in [0.05, 0.1) is 50.3 Å². The van der Waals surface area contributed by atoms with E-state index in [1.807, 2.05) is 195 Å². The highest BCUT2D eigenvalue weighted by molar-refractivity contribution is 6.30. The van der Waals surface area contributed by atoms with E-state index in [-0.39, 0.29) is 72.9 Å². The van der Waals surface area contributed by atoms with E-state index in [0.717, 1.165) is 44.5 Å². The van der Waals surface area contributed by atoms with E-state index in [2.05, 4.69) is 42.5 Å². The van der Waals surface area contributed by atoms with Gasteiger partial charge in [-0.05, 0) is 173 Å². The van der Waals surface area contributed by atoms with Crippen LogP contribution in [0, 0.1) is 36.0 Å². The summed E-state index contributed by atoms with van der Waals surface area (Å²) in [5, 5.41) is 22.4. The molecule has 111 heavy (non-hydrogen) atoms. The second-order valence-corrected chi connectivity index (χ2v) is 25.3. The maximum atomic E-state index is 13.3. The molecular weight excluding hydrogens is 1440 g/mol. The summed E-state index contributed by atoms with van der Waals surface area (Å²) in [6.07, 6.45) is 0. The smallest absolute Gasteiger partial charge is 0.251 e. The molecule has 0 spiro atoms. The Bertz CT molecular complexity index is 4830. The summed E-state index contributed by atoms with van der Waals surface area (Å²) in [5.74, 6) is -5.26. The number of aryl methyl sites for hydroxylation is 1. The van der Waals surface area contributed by atoms with E-state index in [1.54, 1.807) is 24.3 Å². The van der Waals surface area contributed by atoms with Crippen LogP contribution in [0.1, 0.15) is 116 Å². The van der Waals surface area contributed by atoms with Gasteiger partial charge in [-0.1, -0.05) is 217 Å². The quantitative estimate of drug-likeness (QED) is 0.0271. The predicted octanol–water partition coefficient (Wildman–Crippen LogP) is 14.9. The van der Waals surface area contributed by atoms with Crippen LogP contribution in [-0.2, 0) is 19.2 Å². The van der Waals surface area contributed by atoms with E-state index in [9.17, 15) is 60.3 Å². The molecule has 0 radical (unpaired) electrons. The minimum atomic E-state index is -0.489. The molecule has 8 N–H and O–H groups in total. The van der Waals surface area contributed by atoms with Crippen LogP contribution in [0.4, 0.5) is 22.0 Å². The second kappa shape index (κ2) is 42.0. The normalized spacial score (nSPS) is 11.2. The van der Waals surface area contributed by atoms with Gasteiger partial charge in [0.25, 0.3) is 23.6 Å². The lowest BCUT2D eigenvalue weighted by Crippen LogP contribution is -2.39. The van der Waals surface area contributed by atoms with Gasteiger partial charge in [0.1, 0.15) is 29.1 Å². The third kappa shape index (κ3) is 26.4. The van der Waals surface area contributed by atoms with Crippen molar-refractivity contribution >= 4 is 58.9 Å². The van der Waals surface area contributed by atoms with E-state index >= 15 is 0 Å². The summed E-state index contributed by atoms with van der Waals surface area (Å²) in [7, 11) is 0. The number of rotatable bonds is 24. The molecule has 3 unspecified atom stereocenters. The standard InChI is InChI=1S/C23H21FN2O2.C22H18ClFN2O2.C22H18F2N2O2.C22H19FN2O2/c1-16-6-5-9-19(14-16)22(17-7-3-2-4-8-17)26-21(27)15-25-23(28)18-10-12-20(24)13-11-18;23-18-8-4-7-17(13-18)21(15-5-2-1-3-6-15)26-20(27)14-25-22(28)16-9-11-19(24)12-10-16;23-18-10-6-16(7-11-18)21(15-4-2-1-3-5-15)26-20(27)14-25-22(28)17-8-12-19(24)13-9-17;23-19-13-11-18(12-14-19)22(27)24-15-20(26)25-21(16-7-3-1-4-8-16)17-9-5-2-6-10-17/h2-14,22H,15H2,1H3,(H,25,28)(H,26,27);2*1-13,21H,14H2,(H,25,28)(H,26,27);1-14,21H,15H2,(H,24,27)(H,25,26). The first-order chi connectivity index (χ1) is 53.7. The lowest BCUT2D eigenvalue weighted by Gasteiger charge is -2.20. The molecule has 3 atom stereocenters. The van der Waals surface area contributed by atoms with Gasteiger partial charge in [-0.3, -0.25) is 38.4 Å². The van der Waals surface area contributed by atoms with E-state index in [4.69, 9.17) is 11.6 Å². The molecule has 16 nitrogen and oxygen atoms in total. The Kier molecular flexibility index (Phi) is 30.8. The minimum Gasteiger partial charge on any atom is -0.344 e. The zero-order valence-corrected chi connectivity index (χ0v) is 60.5. The molecule has 0 aromatic heterocycles. The number of carbonyl (C=O) groups excluding carboxylic acids is 8. The third-order valence-electron chi connectivity index (χ3n) is 16.7. The largest absolute Gasteiger partial charge is 0.344 e. The fourth-order valence-electron chi connectivity index (χ4n) is 11.2. The van der Waals surface area contributed by atoms with Crippen LogP contribution < -0.4 is 42.5 Å². The molecule has 0 saturated carbocycles. The fraction of sp³-hybridized carbons (Fsp3) is 0.101. The van der Waals surface area contributed by atoms with Crippen molar-refractivity contribution in [3.05, 3.63) is 428 Å². The molecule has 12 rings (SSSR count). The van der Waals surface area contributed by atoms with Crippen molar-refractivity contribution < 1.29 is 60.3 Å². The zero-order valence-electron chi connectivity index (χ0n) is 59.8. The number of hydrogen-bond donors (Lipinski definition) is 8. The average molecular weight is 1520 g/mol. The molecule has 562 valence electrons. The molecule has 0 fully saturated rings. The summed E-state index contributed by atoms with van der Waals surface area (Å²) < 4.78 is 65.0. The first-order valence-corrected chi connectivity index (χ1v) is 35.2. The molecule has 12 aromatic carbocycles. The maximum Gasteiger partial charge on any atom is 0.251 e. The van der Waals surface area contributed by atoms with Gasteiger partial charge < -0.3 is 42.5 Å². The molecule has 0 aliphatic rings. The van der Waals surface area contributed by atoms with Crippen molar-refractivity contribution in [2.75, 3.05) is 26.2 Å². The summed E-state index contributed by atoms with van der Waals surface area (Å²) in [6, 6.07) is 87.6. The predicted molar refractivity (Wildman–Crippen MR) is 416 cm³/mol. The van der Waals surface area contributed by atoms with E-state index < -0.39 is 64.9 Å². The molecule has 0 aliphatic carbocycles. The van der Waals surface area contributed by atoms with E-state index in [1.165, 1.54) is 109 Å². The van der Waals surface area contributed by atoms with Crippen LogP contribution in [0.25, 0.3) is 0 Å². The Morgan fingerprint density at radius 3 is 0.703 bits per heavy atom. The molecule has 22 heteroatoms. The summed E-state index contributed by atoms with van der Waals surface area (Å²) >= 11 is 6.10. The van der Waals surface area contributed by atoms with Gasteiger partial charge >= 0.3 is 0 Å². The van der Waals surface area contributed by atoms with Crippen molar-refractivity contribution in [2.45, 2.75) is 31.1 Å². The number of nitrogens with one attached hydrogen (secondary N) is 8. The molecule has 0 aliphatic heterocycles. The Balaban J connectivity index is 0.000000170. The van der Waals surface area contributed by atoms with E-state index in [0.29, 0.717) is 21.7 Å². The lowest BCUT2D eigenvalue weighted by atomic mass is 9.97. The van der Waals surface area contributed by atoms with Crippen LogP contribution >= 0.6 is 11.6 Å². The first kappa shape index (κ1) is 81.4. The van der Waals surface area contributed by atoms with Gasteiger partial charge in [-0.15, -0.1) is 0 Å². The Labute approximate surface area is 643 Å². The average Bonchev–Trinajstić information content (AvgIpc) is 0.844. The molecular formula is C89H76ClF5N8O8. The van der Waals surface area contributed by atoms with Crippen molar-refractivity contribution in [2.24, 2.45) is 0 Å². The number of halogens is 6. The number of hydrogen-bond acceptors (Lipinski definition) is 8. The lowest BCUT2D eigenvalue weighted by molar-refractivity contribution is -0.121. The summed E-state index contributed by atoms with van der Waals surface area (Å²) in [5.41, 5.74) is 9.30. The van der Waals surface area contributed by atoms with Gasteiger partial charge in [-0.25, -0.2) is 22.0 Å². The number of amides is 8. The second-order valence-electron chi connectivity index (χ2n) is 24.8. The van der Waals surface area contributed by atoms with Crippen molar-refractivity contribution in [1.82, 2.24) is 42.5 Å². The van der Waals surface area contributed by atoms with Gasteiger partial charge in [0.2, 0.25) is 23.6 Å². The zero-order chi connectivity index (χ0) is 78.9. The maximum absolute atomic E-state index is 13.3. The van der Waals surface area contributed by atoms with Gasteiger partial charge in [0.15, 0.2) is 0 Å². The topological polar surface area (TPSA) is 233 Å².